The first kappa shape index (κ1) is 14.7. The van der Waals surface area contributed by atoms with E-state index in [9.17, 15) is 13.2 Å². The van der Waals surface area contributed by atoms with E-state index in [1.165, 1.54) is 37.4 Å². The molecule has 2 rings (SSSR count). The number of methoxy groups -OCH3 is 1. The number of fused-ring (bicyclic) bond motifs is 1. The molecule has 0 saturated carbocycles. The molecule has 0 amide bonds. The Morgan fingerprint density at radius 2 is 2.05 bits per heavy atom. The van der Waals surface area contributed by atoms with Gasteiger partial charge in [0.15, 0.2) is 0 Å². The van der Waals surface area contributed by atoms with Crippen LogP contribution in [0.25, 0.3) is 11.0 Å². The van der Waals surface area contributed by atoms with E-state index in [0.29, 0.717) is 11.0 Å². The number of benzene rings is 1. The lowest BCUT2D eigenvalue weighted by molar-refractivity contribution is 0.180. The van der Waals surface area contributed by atoms with Crippen molar-refractivity contribution >= 4 is 21.0 Å². The molecule has 0 spiro atoms. The van der Waals surface area contributed by atoms with Gasteiger partial charge >= 0.3 is 5.63 Å². The maximum absolute atomic E-state index is 12.2. The molecule has 1 aromatic carbocycles. The number of hydrogen-bond acceptors (Lipinski definition) is 5. The molecule has 2 aromatic rings. The molecule has 7 heteroatoms. The summed E-state index contributed by atoms with van der Waals surface area (Å²) in [5.74, 6) is 0. The van der Waals surface area contributed by atoms with Gasteiger partial charge in [-0.05, 0) is 31.2 Å². The molecule has 0 bridgehead atoms. The predicted octanol–water partition coefficient (Wildman–Crippen LogP) is 1.11. The molecule has 1 atom stereocenters. The van der Waals surface area contributed by atoms with Gasteiger partial charge in [-0.1, -0.05) is 0 Å². The number of rotatable bonds is 5. The summed E-state index contributed by atoms with van der Waals surface area (Å²) in [5, 5.41) is 0.548. The van der Waals surface area contributed by atoms with Crippen LogP contribution in [0.5, 0.6) is 0 Å². The van der Waals surface area contributed by atoms with Crippen LogP contribution in [-0.2, 0) is 14.8 Å². The second-order valence-corrected chi connectivity index (χ2v) is 6.15. The zero-order valence-electron chi connectivity index (χ0n) is 11.1. The number of ether oxygens (including phenoxy) is 1. The van der Waals surface area contributed by atoms with Gasteiger partial charge in [-0.15, -0.1) is 0 Å². The van der Waals surface area contributed by atoms with Crippen molar-refractivity contribution in [3.05, 3.63) is 40.8 Å². The molecule has 6 nitrogen and oxygen atoms in total. The van der Waals surface area contributed by atoms with Gasteiger partial charge in [0.2, 0.25) is 10.0 Å². The van der Waals surface area contributed by atoms with Crippen LogP contribution in [0.1, 0.15) is 6.92 Å². The van der Waals surface area contributed by atoms with Crippen molar-refractivity contribution in [2.24, 2.45) is 0 Å². The fraction of sp³-hybridized carbons (Fsp3) is 0.308. The van der Waals surface area contributed by atoms with E-state index in [-0.39, 0.29) is 17.5 Å². The summed E-state index contributed by atoms with van der Waals surface area (Å²) in [4.78, 5) is 11.2. The van der Waals surface area contributed by atoms with Gasteiger partial charge in [0, 0.05) is 24.6 Å². The van der Waals surface area contributed by atoms with Gasteiger partial charge in [-0.2, -0.15) is 0 Å². The molecule has 1 N–H and O–H groups in total. The second-order valence-electron chi connectivity index (χ2n) is 4.43. The predicted molar refractivity (Wildman–Crippen MR) is 74.1 cm³/mol. The molecular formula is C13H15NO5S. The zero-order chi connectivity index (χ0) is 14.8. The highest BCUT2D eigenvalue weighted by Crippen LogP contribution is 2.17. The van der Waals surface area contributed by atoms with Crippen LogP contribution in [0.4, 0.5) is 0 Å². The summed E-state index contributed by atoms with van der Waals surface area (Å²) >= 11 is 0. The van der Waals surface area contributed by atoms with E-state index in [1.807, 2.05) is 0 Å². The Labute approximate surface area is 116 Å². The van der Waals surface area contributed by atoms with Crippen LogP contribution in [0.2, 0.25) is 0 Å². The third kappa shape index (κ3) is 3.24. The first-order chi connectivity index (χ1) is 9.42. The lowest BCUT2D eigenvalue weighted by Gasteiger charge is -2.13. The first-order valence-corrected chi connectivity index (χ1v) is 7.46. The van der Waals surface area contributed by atoms with E-state index < -0.39 is 15.6 Å². The molecule has 0 fully saturated rings. The lowest BCUT2D eigenvalue weighted by atomic mass is 10.2. The van der Waals surface area contributed by atoms with Crippen LogP contribution >= 0.6 is 0 Å². The van der Waals surface area contributed by atoms with Gasteiger partial charge in [0.1, 0.15) is 5.58 Å². The standard InChI is InChI=1S/C13H15NO5S/c1-9(8-18-2)14-20(16,17)11-4-5-12-10(7-11)3-6-13(15)19-12/h3-7,9,14H,8H2,1-2H3. The first-order valence-electron chi connectivity index (χ1n) is 5.97. The molecule has 0 aliphatic heterocycles. The van der Waals surface area contributed by atoms with Crippen molar-refractivity contribution in [2.45, 2.75) is 17.9 Å². The third-order valence-corrected chi connectivity index (χ3v) is 4.26. The molecule has 0 aliphatic rings. The van der Waals surface area contributed by atoms with Crippen LogP contribution in [-0.4, -0.2) is 28.2 Å². The minimum Gasteiger partial charge on any atom is -0.423 e. The molecule has 0 radical (unpaired) electrons. The molecule has 108 valence electrons. The van der Waals surface area contributed by atoms with Crippen LogP contribution in [0.3, 0.4) is 0 Å². The van der Waals surface area contributed by atoms with Crippen molar-refractivity contribution < 1.29 is 17.6 Å². The maximum Gasteiger partial charge on any atom is 0.336 e. The van der Waals surface area contributed by atoms with Crippen molar-refractivity contribution in [1.82, 2.24) is 4.72 Å². The number of hydrogen-bond donors (Lipinski definition) is 1. The lowest BCUT2D eigenvalue weighted by Crippen LogP contribution is -2.35. The highest BCUT2D eigenvalue weighted by molar-refractivity contribution is 7.89. The van der Waals surface area contributed by atoms with E-state index in [0.717, 1.165) is 0 Å². The van der Waals surface area contributed by atoms with Crippen LogP contribution in [0, 0.1) is 0 Å². The van der Waals surface area contributed by atoms with E-state index in [4.69, 9.17) is 9.15 Å². The maximum atomic E-state index is 12.2. The third-order valence-electron chi connectivity index (χ3n) is 2.67. The average molecular weight is 297 g/mol. The minimum atomic E-state index is -3.63. The smallest absolute Gasteiger partial charge is 0.336 e. The fourth-order valence-electron chi connectivity index (χ4n) is 1.83. The fourth-order valence-corrected chi connectivity index (χ4v) is 3.10. The summed E-state index contributed by atoms with van der Waals surface area (Å²) < 4.78 is 36.7. The van der Waals surface area contributed by atoms with Gasteiger partial charge in [0.25, 0.3) is 0 Å². The van der Waals surface area contributed by atoms with Gasteiger partial charge in [-0.3, -0.25) is 0 Å². The Balaban J connectivity index is 2.37. The minimum absolute atomic E-state index is 0.113. The average Bonchev–Trinajstić information content (AvgIpc) is 2.37. The molecule has 1 aromatic heterocycles. The summed E-state index contributed by atoms with van der Waals surface area (Å²) in [6.07, 6.45) is 0. The van der Waals surface area contributed by atoms with Crippen molar-refractivity contribution in [1.29, 1.82) is 0 Å². The van der Waals surface area contributed by atoms with E-state index in [1.54, 1.807) is 6.92 Å². The highest BCUT2D eigenvalue weighted by atomic mass is 32.2. The van der Waals surface area contributed by atoms with Crippen LogP contribution < -0.4 is 10.3 Å². The highest BCUT2D eigenvalue weighted by Gasteiger charge is 2.17. The molecule has 1 unspecified atom stereocenters. The SMILES string of the molecule is COCC(C)NS(=O)(=O)c1ccc2oc(=O)ccc2c1. The van der Waals surface area contributed by atoms with Gasteiger partial charge in [-0.25, -0.2) is 17.9 Å². The zero-order valence-corrected chi connectivity index (χ0v) is 11.9. The van der Waals surface area contributed by atoms with Gasteiger partial charge < -0.3 is 9.15 Å². The topological polar surface area (TPSA) is 85.6 Å². The monoisotopic (exact) mass is 297 g/mol. The molecule has 0 aliphatic carbocycles. The van der Waals surface area contributed by atoms with E-state index in [2.05, 4.69) is 4.72 Å². The van der Waals surface area contributed by atoms with E-state index >= 15 is 0 Å². The molecular weight excluding hydrogens is 282 g/mol. The second kappa shape index (κ2) is 5.74. The van der Waals surface area contributed by atoms with Gasteiger partial charge in [0.05, 0.1) is 11.5 Å². The van der Waals surface area contributed by atoms with Crippen LogP contribution in [0.15, 0.2) is 44.4 Å². The molecule has 20 heavy (non-hydrogen) atoms. The van der Waals surface area contributed by atoms with Crippen molar-refractivity contribution in [2.75, 3.05) is 13.7 Å². The Kier molecular flexibility index (Phi) is 4.22. The largest absolute Gasteiger partial charge is 0.423 e. The quantitative estimate of drug-likeness (QED) is 0.835. The summed E-state index contributed by atoms with van der Waals surface area (Å²) in [5.41, 5.74) is -0.124. The summed E-state index contributed by atoms with van der Waals surface area (Å²) in [7, 11) is -2.13. The van der Waals surface area contributed by atoms with Crippen molar-refractivity contribution in [3.63, 3.8) is 0 Å². The Hall–Kier alpha value is -1.70. The molecule has 0 saturated heterocycles. The Morgan fingerprint density at radius 3 is 2.75 bits per heavy atom. The summed E-state index contributed by atoms with van der Waals surface area (Å²) in [6, 6.07) is 6.76. The normalized spacial score (nSPS) is 13.5. The Bertz CT molecular complexity index is 766. The van der Waals surface area contributed by atoms with Crippen molar-refractivity contribution in [3.8, 4) is 0 Å². The molecule has 1 heterocycles. The number of sulfonamides is 1. The number of nitrogens with one attached hydrogen (secondary N) is 1. The summed E-state index contributed by atoms with van der Waals surface area (Å²) in [6.45, 7) is 1.99. The Morgan fingerprint density at radius 1 is 1.30 bits per heavy atom.